The lowest BCUT2D eigenvalue weighted by molar-refractivity contribution is -0.117. The Kier molecular flexibility index (Phi) is 6.80. The molecule has 0 bridgehead atoms. The van der Waals surface area contributed by atoms with Gasteiger partial charge in [-0.05, 0) is 61.7 Å². The van der Waals surface area contributed by atoms with Crippen molar-refractivity contribution < 1.29 is 17.9 Å². The van der Waals surface area contributed by atoms with Crippen molar-refractivity contribution in [3.05, 3.63) is 53.1 Å². The minimum atomic E-state index is -3.53. The molecule has 3 rings (SSSR count). The number of nitrogens with zero attached hydrogens (tertiary/aromatic N) is 2. The highest BCUT2D eigenvalue weighted by Crippen LogP contribution is 2.25. The standard InChI is InChI=1S/C22H29N3O4S/c1-16-5-8-21(29-4)20(13-16)23-22(26)15-24-9-11-25(12-10-24)30(27,28)19-7-6-17(2)18(3)14-19/h5-8,13-14H,9-12,15H2,1-4H3,(H,23,26). The second-order valence-corrected chi connectivity index (χ2v) is 9.62. The number of nitrogens with one attached hydrogen (secondary N) is 1. The summed E-state index contributed by atoms with van der Waals surface area (Å²) in [7, 11) is -1.96. The van der Waals surface area contributed by atoms with Gasteiger partial charge in [-0.1, -0.05) is 12.1 Å². The lowest BCUT2D eigenvalue weighted by Gasteiger charge is -2.33. The first-order valence-corrected chi connectivity index (χ1v) is 11.4. The second-order valence-electron chi connectivity index (χ2n) is 7.68. The fraction of sp³-hybridized carbons (Fsp3) is 0.409. The molecule has 2 aromatic rings. The van der Waals surface area contributed by atoms with E-state index in [1.165, 1.54) is 4.31 Å². The molecule has 0 spiro atoms. The number of benzene rings is 2. The first-order valence-electron chi connectivity index (χ1n) is 9.95. The first-order chi connectivity index (χ1) is 14.2. The molecule has 1 amide bonds. The molecule has 1 aliphatic heterocycles. The van der Waals surface area contributed by atoms with Gasteiger partial charge in [0.15, 0.2) is 0 Å². The molecular weight excluding hydrogens is 402 g/mol. The van der Waals surface area contributed by atoms with Gasteiger partial charge < -0.3 is 10.1 Å². The van der Waals surface area contributed by atoms with E-state index in [-0.39, 0.29) is 12.5 Å². The Hall–Kier alpha value is -2.42. The number of anilines is 1. The molecule has 1 saturated heterocycles. The van der Waals surface area contributed by atoms with Crippen molar-refractivity contribution in [2.24, 2.45) is 0 Å². The zero-order chi connectivity index (χ0) is 21.9. The topological polar surface area (TPSA) is 79.0 Å². The molecule has 162 valence electrons. The molecule has 2 aromatic carbocycles. The summed E-state index contributed by atoms with van der Waals surface area (Å²) in [6.45, 7) is 7.74. The molecule has 30 heavy (non-hydrogen) atoms. The van der Waals surface area contributed by atoms with Crippen LogP contribution in [0.2, 0.25) is 0 Å². The van der Waals surface area contributed by atoms with E-state index >= 15 is 0 Å². The molecule has 8 heteroatoms. The summed E-state index contributed by atoms with van der Waals surface area (Å²) in [6.07, 6.45) is 0. The van der Waals surface area contributed by atoms with Crippen LogP contribution < -0.4 is 10.1 Å². The van der Waals surface area contributed by atoms with E-state index in [1.807, 2.05) is 49.9 Å². The van der Waals surface area contributed by atoms with E-state index in [1.54, 1.807) is 19.2 Å². The van der Waals surface area contributed by atoms with Gasteiger partial charge in [0.1, 0.15) is 5.75 Å². The maximum atomic E-state index is 12.9. The minimum Gasteiger partial charge on any atom is -0.495 e. The molecule has 0 unspecified atom stereocenters. The number of rotatable bonds is 6. The van der Waals surface area contributed by atoms with Gasteiger partial charge >= 0.3 is 0 Å². The number of amides is 1. The molecule has 0 aliphatic carbocycles. The van der Waals surface area contributed by atoms with Gasteiger partial charge in [-0.15, -0.1) is 0 Å². The largest absolute Gasteiger partial charge is 0.495 e. The van der Waals surface area contributed by atoms with Crippen LogP contribution in [0, 0.1) is 20.8 Å². The summed E-state index contributed by atoms with van der Waals surface area (Å²) >= 11 is 0. The van der Waals surface area contributed by atoms with Gasteiger partial charge in [0.25, 0.3) is 0 Å². The van der Waals surface area contributed by atoms with Gasteiger partial charge in [-0.3, -0.25) is 9.69 Å². The van der Waals surface area contributed by atoms with Crippen molar-refractivity contribution in [2.45, 2.75) is 25.7 Å². The highest BCUT2D eigenvalue weighted by atomic mass is 32.2. The molecule has 1 fully saturated rings. The van der Waals surface area contributed by atoms with Crippen LogP contribution in [0.1, 0.15) is 16.7 Å². The highest BCUT2D eigenvalue weighted by Gasteiger charge is 2.29. The molecular formula is C22H29N3O4S. The number of carbonyl (C=O) groups excluding carboxylic acids is 1. The Morgan fingerprint density at radius 2 is 1.70 bits per heavy atom. The third kappa shape index (κ3) is 5.00. The van der Waals surface area contributed by atoms with Crippen LogP contribution >= 0.6 is 0 Å². The Labute approximate surface area is 178 Å². The lowest BCUT2D eigenvalue weighted by atomic mass is 10.1. The van der Waals surface area contributed by atoms with Crippen molar-refractivity contribution >= 4 is 21.6 Å². The molecule has 1 heterocycles. The van der Waals surface area contributed by atoms with Gasteiger partial charge in [-0.25, -0.2) is 8.42 Å². The molecule has 0 saturated carbocycles. The smallest absolute Gasteiger partial charge is 0.243 e. The van der Waals surface area contributed by atoms with Crippen LogP contribution in [0.25, 0.3) is 0 Å². The monoisotopic (exact) mass is 431 g/mol. The molecule has 0 radical (unpaired) electrons. The zero-order valence-corrected chi connectivity index (χ0v) is 18.8. The van der Waals surface area contributed by atoms with Crippen LogP contribution in [0.4, 0.5) is 5.69 Å². The minimum absolute atomic E-state index is 0.149. The third-order valence-electron chi connectivity index (χ3n) is 5.44. The summed E-state index contributed by atoms with van der Waals surface area (Å²) < 4.78 is 32.7. The number of hydrogen-bond donors (Lipinski definition) is 1. The van der Waals surface area contributed by atoms with Crippen LogP contribution in [0.3, 0.4) is 0 Å². The molecule has 7 nitrogen and oxygen atoms in total. The number of aryl methyl sites for hydroxylation is 3. The number of sulfonamides is 1. The van der Waals surface area contributed by atoms with Crippen LogP contribution in [-0.4, -0.2) is 63.4 Å². The normalized spacial score (nSPS) is 15.7. The van der Waals surface area contributed by atoms with Gasteiger partial charge in [-0.2, -0.15) is 4.31 Å². The first kappa shape index (κ1) is 22.3. The number of ether oxygens (including phenoxy) is 1. The number of methoxy groups -OCH3 is 1. The van der Waals surface area contributed by atoms with Gasteiger partial charge in [0.05, 0.1) is 24.2 Å². The maximum absolute atomic E-state index is 12.9. The SMILES string of the molecule is COc1ccc(C)cc1NC(=O)CN1CCN(S(=O)(=O)c2ccc(C)c(C)c2)CC1. The van der Waals surface area contributed by atoms with Crippen LogP contribution in [0.15, 0.2) is 41.3 Å². The fourth-order valence-electron chi connectivity index (χ4n) is 3.46. The Morgan fingerprint density at radius 1 is 1.00 bits per heavy atom. The van der Waals surface area contributed by atoms with Crippen molar-refractivity contribution in [1.29, 1.82) is 0 Å². The van der Waals surface area contributed by atoms with Crippen molar-refractivity contribution in [3.8, 4) is 5.75 Å². The molecule has 0 atom stereocenters. The van der Waals surface area contributed by atoms with Crippen molar-refractivity contribution in [3.63, 3.8) is 0 Å². The predicted octanol–water partition coefficient (Wildman–Crippen LogP) is 2.57. The van der Waals surface area contributed by atoms with Crippen molar-refractivity contribution in [2.75, 3.05) is 45.2 Å². The summed E-state index contributed by atoms with van der Waals surface area (Å²) in [4.78, 5) is 14.8. The Balaban J connectivity index is 1.58. The van der Waals surface area contributed by atoms with E-state index in [9.17, 15) is 13.2 Å². The number of carbonyl (C=O) groups is 1. The number of hydrogen-bond acceptors (Lipinski definition) is 5. The summed E-state index contributed by atoms with van der Waals surface area (Å²) in [5.41, 5.74) is 3.68. The van der Waals surface area contributed by atoms with E-state index < -0.39 is 10.0 Å². The van der Waals surface area contributed by atoms with Crippen molar-refractivity contribution in [1.82, 2.24) is 9.21 Å². The van der Waals surface area contributed by atoms with E-state index in [0.717, 1.165) is 16.7 Å². The Morgan fingerprint density at radius 3 is 2.33 bits per heavy atom. The summed E-state index contributed by atoms with van der Waals surface area (Å²) in [5.74, 6) is 0.461. The average Bonchev–Trinajstić information content (AvgIpc) is 2.70. The van der Waals surface area contributed by atoms with E-state index in [2.05, 4.69) is 5.32 Å². The van der Waals surface area contributed by atoms with Gasteiger partial charge in [0, 0.05) is 26.2 Å². The maximum Gasteiger partial charge on any atom is 0.243 e. The highest BCUT2D eigenvalue weighted by molar-refractivity contribution is 7.89. The Bertz CT molecular complexity index is 1030. The predicted molar refractivity (Wildman–Crippen MR) is 117 cm³/mol. The number of piperazine rings is 1. The quantitative estimate of drug-likeness (QED) is 0.761. The lowest BCUT2D eigenvalue weighted by Crippen LogP contribution is -2.50. The molecule has 0 aromatic heterocycles. The fourth-order valence-corrected chi connectivity index (χ4v) is 4.97. The zero-order valence-electron chi connectivity index (χ0n) is 17.9. The third-order valence-corrected chi connectivity index (χ3v) is 7.34. The molecule has 1 N–H and O–H groups in total. The van der Waals surface area contributed by atoms with Gasteiger partial charge in [0.2, 0.25) is 15.9 Å². The second kappa shape index (κ2) is 9.16. The summed E-state index contributed by atoms with van der Waals surface area (Å²) in [6, 6.07) is 10.8. The average molecular weight is 432 g/mol. The van der Waals surface area contributed by atoms with E-state index in [4.69, 9.17) is 4.74 Å². The summed E-state index contributed by atoms with van der Waals surface area (Å²) in [5, 5.41) is 2.89. The molecule has 1 aliphatic rings. The van der Waals surface area contributed by atoms with Crippen LogP contribution in [0.5, 0.6) is 5.75 Å². The van der Waals surface area contributed by atoms with Crippen LogP contribution in [-0.2, 0) is 14.8 Å². The van der Waals surface area contributed by atoms with E-state index in [0.29, 0.717) is 42.5 Å².